The van der Waals surface area contributed by atoms with Crippen LogP contribution in [0.1, 0.15) is 24.2 Å². The van der Waals surface area contributed by atoms with Crippen LogP contribution in [-0.4, -0.2) is 16.1 Å². The monoisotopic (exact) mass is 283 g/mol. The Hall–Kier alpha value is -2.20. The molecule has 0 bridgehead atoms. The van der Waals surface area contributed by atoms with Gasteiger partial charge in [-0.3, -0.25) is 0 Å². The van der Waals surface area contributed by atoms with Gasteiger partial charge in [0.05, 0.1) is 17.0 Å². The molecule has 1 unspecified atom stereocenters. The third-order valence-electron chi connectivity index (χ3n) is 3.81. The van der Waals surface area contributed by atoms with Crippen molar-refractivity contribution in [3.05, 3.63) is 65.7 Å². The number of imidazole rings is 1. The Morgan fingerprint density at radius 2 is 1.95 bits per heavy atom. The standard InChI is InChI=1S/C17H18FN3/c1-2-21-16-9-8-13(18)10-15(16)20-17(21)14(11-19)12-6-4-3-5-7-12/h3-10,14H,2,11,19H2,1H3. The van der Waals surface area contributed by atoms with Gasteiger partial charge in [-0.05, 0) is 24.6 Å². The van der Waals surface area contributed by atoms with Crippen molar-refractivity contribution < 1.29 is 4.39 Å². The number of hydrogen-bond donors (Lipinski definition) is 1. The second kappa shape index (κ2) is 5.66. The van der Waals surface area contributed by atoms with Gasteiger partial charge in [-0.15, -0.1) is 0 Å². The molecule has 0 saturated carbocycles. The van der Waals surface area contributed by atoms with Crippen molar-refractivity contribution in [2.45, 2.75) is 19.4 Å². The highest BCUT2D eigenvalue weighted by molar-refractivity contribution is 5.76. The molecule has 1 heterocycles. The Kier molecular flexibility index (Phi) is 3.71. The number of rotatable bonds is 4. The van der Waals surface area contributed by atoms with Crippen molar-refractivity contribution >= 4 is 11.0 Å². The van der Waals surface area contributed by atoms with E-state index in [-0.39, 0.29) is 11.7 Å². The summed E-state index contributed by atoms with van der Waals surface area (Å²) in [5.74, 6) is 0.646. The Morgan fingerprint density at radius 3 is 2.62 bits per heavy atom. The number of fused-ring (bicyclic) bond motifs is 1. The lowest BCUT2D eigenvalue weighted by Crippen LogP contribution is -2.18. The van der Waals surface area contributed by atoms with Crippen molar-refractivity contribution in [2.24, 2.45) is 5.73 Å². The van der Waals surface area contributed by atoms with Gasteiger partial charge in [-0.1, -0.05) is 30.3 Å². The molecule has 2 aromatic carbocycles. The normalized spacial score (nSPS) is 12.7. The van der Waals surface area contributed by atoms with E-state index in [4.69, 9.17) is 5.73 Å². The number of hydrogen-bond acceptors (Lipinski definition) is 2. The zero-order valence-corrected chi connectivity index (χ0v) is 12.0. The first kappa shape index (κ1) is 13.8. The molecule has 0 aliphatic carbocycles. The van der Waals surface area contributed by atoms with Gasteiger partial charge in [0.1, 0.15) is 11.6 Å². The van der Waals surface area contributed by atoms with E-state index in [9.17, 15) is 4.39 Å². The van der Waals surface area contributed by atoms with Crippen LogP contribution in [-0.2, 0) is 6.54 Å². The van der Waals surface area contributed by atoms with Crippen LogP contribution in [0, 0.1) is 5.82 Å². The quantitative estimate of drug-likeness (QED) is 0.798. The average Bonchev–Trinajstić information content (AvgIpc) is 2.86. The van der Waals surface area contributed by atoms with Crippen LogP contribution in [0.3, 0.4) is 0 Å². The van der Waals surface area contributed by atoms with Crippen molar-refractivity contribution in [1.29, 1.82) is 0 Å². The molecule has 3 nitrogen and oxygen atoms in total. The number of nitrogens with zero attached hydrogens (tertiary/aromatic N) is 2. The molecule has 0 saturated heterocycles. The molecule has 0 fully saturated rings. The molecular formula is C17H18FN3. The fourth-order valence-electron chi connectivity index (χ4n) is 2.80. The van der Waals surface area contributed by atoms with Crippen molar-refractivity contribution in [1.82, 2.24) is 9.55 Å². The van der Waals surface area contributed by atoms with Gasteiger partial charge >= 0.3 is 0 Å². The van der Waals surface area contributed by atoms with Gasteiger partial charge in [0.2, 0.25) is 0 Å². The largest absolute Gasteiger partial charge is 0.329 e. The molecule has 3 aromatic rings. The van der Waals surface area contributed by atoms with Crippen LogP contribution >= 0.6 is 0 Å². The minimum absolute atomic E-state index is 0.0154. The summed E-state index contributed by atoms with van der Waals surface area (Å²) in [6, 6.07) is 14.8. The van der Waals surface area contributed by atoms with Crippen LogP contribution in [0.25, 0.3) is 11.0 Å². The first-order valence-electron chi connectivity index (χ1n) is 7.15. The third-order valence-corrected chi connectivity index (χ3v) is 3.81. The van der Waals surface area contributed by atoms with Gasteiger partial charge in [0.25, 0.3) is 0 Å². The Bertz CT molecular complexity index is 749. The van der Waals surface area contributed by atoms with Gasteiger partial charge in [-0.25, -0.2) is 9.37 Å². The van der Waals surface area contributed by atoms with Gasteiger partial charge < -0.3 is 10.3 Å². The summed E-state index contributed by atoms with van der Waals surface area (Å²) >= 11 is 0. The lowest BCUT2D eigenvalue weighted by atomic mass is 9.98. The summed E-state index contributed by atoms with van der Waals surface area (Å²) in [7, 11) is 0. The minimum atomic E-state index is -0.265. The van der Waals surface area contributed by atoms with E-state index in [0.717, 1.165) is 23.4 Å². The van der Waals surface area contributed by atoms with Crippen LogP contribution in [0.2, 0.25) is 0 Å². The third kappa shape index (κ3) is 2.43. The van der Waals surface area contributed by atoms with Gasteiger partial charge in [-0.2, -0.15) is 0 Å². The summed E-state index contributed by atoms with van der Waals surface area (Å²) in [4.78, 5) is 4.63. The summed E-state index contributed by atoms with van der Waals surface area (Å²) in [5.41, 5.74) is 8.74. The van der Waals surface area contributed by atoms with E-state index in [0.29, 0.717) is 12.1 Å². The van der Waals surface area contributed by atoms with E-state index in [2.05, 4.69) is 28.6 Å². The first-order valence-corrected chi connectivity index (χ1v) is 7.15. The molecule has 0 amide bonds. The van der Waals surface area contributed by atoms with Crippen LogP contribution < -0.4 is 5.73 Å². The fourth-order valence-corrected chi connectivity index (χ4v) is 2.80. The summed E-state index contributed by atoms with van der Waals surface area (Å²) < 4.78 is 15.5. The van der Waals surface area contributed by atoms with Crippen molar-refractivity contribution in [3.8, 4) is 0 Å². The number of aryl methyl sites for hydroxylation is 1. The molecule has 4 heteroatoms. The Balaban J connectivity index is 2.18. The zero-order valence-electron chi connectivity index (χ0n) is 12.0. The number of benzene rings is 2. The lowest BCUT2D eigenvalue weighted by Gasteiger charge is -2.16. The highest BCUT2D eigenvalue weighted by atomic mass is 19.1. The maximum atomic E-state index is 13.4. The second-order valence-corrected chi connectivity index (χ2v) is 5.05. The van der Waals surface area contributed by atoms with E-state index in [1.807, 2.05) is 18.2 Å². The summed E-state index contributed by atoms with van der Waals surface area (Å²) in [5, 5.41) is 0. The minimum Gasteiger partial charge on any atom is -0.329 e. The Morgan fingerprint density at radius 1 is 1.19 bits per heavy atom. The molecule has 2 N–H and O–H groups in total. The van der Waals surface area contributed by atoms with Crippen LogP contribution in [0.15, 0.2) is 48.5 Å². The van der Waals surface area contributed by atoms with E-state index < -0.39 is 0 Å². The van der Waals surface area contributed by atoms with E-state index >= 15 is 0 Å². The van der Waals surface area contributed by atoms with Crippen LogP contribution in [0.4, 0.5) is 4.39 Å². The molecule has 1 aromatic heterocycles. The topological polar surface area (TPSA) is 43.8 Å². The maximum absolute atomic E-state index is 13.4. The lowest BCUT2D eigenvalue weighted by molar-refractivity contribution is 0.629. The SMILES string of the molecule is CCn1c(C(CN)c2ccccc2)nc2cc(F)ccc21. The molecule has 0 aliphatic heterocycles. The molecule has 21 heavy (non-hydrogen) atoms. The molecular weight excluding hydrogens is 265 g/mol. The molecule has 108 valence electrons. The first-order chi connectivity index (χ1) is 10.2. The highest BCUT2D eigenvalue weighted by Crippen LogP contribution is 2.27. The highest BCUT2D eigenvalue weighted by Gasteiger charge is 2.20. The zero-order chi connectivity index (χ0) is 14.8. The maximum Gasteiger partial charge on any atom is 0.125 e. The molecule has 3 rings (SSSR count). The average molecular weight is 283 g/mol. The molecule has 0 radical (unpaired) electrons. The second-order valence-electron chi connectivity index (χ2n) is 5.05. The fraction of sp³-hybridized carbons (Fsp3) is 0.235. The smallest absolute Gasteiger partial charge is 0.125 e. The van der Waals surface area contributed by atoms with Crippen molar-refractivity contribution in [3.63, 3.8) is 0 Å². The van der Waals surface area contributed by atoms with Gasteiger partial charge in [0, 0.05) is 19.2 Å². The molecule has 0 spiro atoms. The van der Waals surface area contributed by atoms with E-state index in [1.54, 1.807) is 6.07 Å². The predicted molar refractivity (Wildman–Crippen MR) is 82.7 cm³/mol. The van der Waals surface area contributed by atoms with Crippen LogP contribution in [0.5, 0.6) is 0 Å². The van der Waals surface area contributed by atoms with Crippen molar-refractivity contribution in [2.75, 3.05) is 6.54 Å². The number of aromatic nitrogens is 2. The summed E-state index contributed by atoms with van der Waals surface area (Å²) in [6.45, 7) is 3.31. The van der Waals surface area contributed by atoms with E-state index in [1.165, 1.54) is 12.1 Å². The van der Waals surface area contributed by atoms with Gasteiger partial charge in [0.15, 0.2) is 0 Å². The molecule has 1 atom stereocenters. The number of halogens is 1. The number of nitrogens with two attached hydrogens (primary N) is 1. The predicted octanol–water partition coefficient (Wildman–Crippen LogP) is 3.29. The molecule has 0 aliphatic rings. The summed E-state index contributed by atoms with van der Waals surface area (Å²) in [6.07, 6.45) is 0. The Labute approximate surface area is 123 Å².